The summed E-state index contributed by atoms with van der Waals surface area (Å²) in [5, 5.41) is 5.63. The molecule has 0 bridgehead atoms. The number of nitrogens with one attached hydrogen (secondary N) is 2. The van der Waals surface area contributed by atoms with E-state index < -0.39 is 0 Å². The minimum Gasteiger partial charge on any atom is -0.354 e. The van der Waals surface area contributed by atoms with Gasteiger partial charge in [0.25, 0.3) is 0 Å². The molecule has 3 aromatic rings. The quantitative estimate of drug-likeness (QED) is 0.440. The molecule has 0 saturated heterocycles. The van der Waals surface area contributed by atoms with Gasteiger partial charge in [-0.1, -0.05) is 55.5 Å². The molecular weight excluding hydrogens is 440 g/mol. The molecule has 0 aliphatic carbocycles. The molecule has 0 saturated carbocycles. The summed E-state index contributed by atoms with van der Waals surface area (Å²) in [5.41, 5.74) is 3.77. The number of amides is 3. The zero-order valence-electron chi connectivity index (χ0n) is 20.3. The van der Waals surface area contributed by atoms with Crippen LogP contribution in [0.4, 0.5) is 11.5 Å². The number of nitrogens with zero attached hydrogens (tertiary/aromatic N) is 2. The van der Waals surface area contributed by atoms with Crippen molar-refractivity contribution in [1.82, 2.24) is 10.3 Å². The minimum atomic E-state index is -0.299. The highest BCUT2D eigenvalue weighted by atomic mass is 16.2. The molecule has 0 atom stereocenters. The first-order valence-corrected chi connectivity index (χ1v) is 11.9. The minimum absolute atomic E-state index is 0.00509. The summed E-state index contributed by atoms with van der Waals surface area (Å²) in [5.74, 6) is -0.369. The molecule has 7 heteroatoms. The first-order chi connectivity index (χ1) is 17.0. The van der Waals surface area contributed by atoms with E-state index in [-0.39, 0.29) is 37.1 Å². The van der Waals surface area contributed by atoms with Crippen molar-refractivity contribution in [2.24, 2.45) is 0 Å². The molecule has 0 spiro atoms. The third-order valence-electron chi connectivity index (χ3n) is 5.59. The van der Waals surface area contributed by atoms with Crippen molar-refractivity contribution in [2.45, 2.75) is 39.5 Å². The Labute approximate surface area is 206 Å². The lowest BCUT2D eigenvalue weighted by atomic mass is 10.1. The number of rotatable bonds is 11. The summed E-state index contributed by atoms with van der Waals surface area (Å²) in [7, 11) is 0. The number of pyridine rings is 1. The van der Waals surface area contributed by atoms with Gasteiger partial charge in [-0.25, -0.2) is 4.98 Å². The first kappa shape index (κ1) is 25.6. The van der Waals surface area contributed by atoms with Crippen LogP contribution in [0.25, 0.3) is 0 Å². The van der Waals surface area contributed by atoms with Crippen LogP contribution >= 0.6 is 0 Å². The molecule has 1 heterocycles. The van der Waals surface area contributed by atoms with E-state index in [2.05, 4.69) is 15.6 Å². The van der Waals surface area contributed by atoms with E-state index >= 15 is 0 Å². The van der Waals surface area contributed by atoms with E-state index in [1.165, 1.54) is 4.90 Å². The summed E-state index contributed by atoms with van der Waals surface area (Å²) >= 11 is 0. The lowest BCUT2D eigenvalue weighted by molar-refractivity contribution is -0.125. The third-order valence-corrected chi connectivity index (χ3v) is 5.59. The smallest absolute Gasteiger partial charge is 0.240 e. The summed E-state index contributed by atoms with van der Waals surface area (Å²) in [4.78, 5) is 44.0. The van der Waals surface area contributed by atoms with Gasteiger partial charge in [0, 0.05) is 31.3 Å². The molecule has 0 aliphatic heterocycles. The molecule has 3 amide bonds. The summed E-state index contributed by atoms with van der Waals surface area (Å²) in [6.07, 6.45) is 3.02. The first-order valence-electron chi connectivity index (χ1n) is 11.9. The lowest BCUT2D eigenvalue weighted by Crippen LogP contribution is -2.42. The van der Waals surface area contributed by atoms with Gasteiger partial charge in [-0.15, -0.1) is 0 Å². The number of aromatic nitrogens is 1. The fourth-order valence-electron chi connectivity index (χ4n) is 3.74. The fraction of sp³-hybridized carbons (Fsp3) is 0.286. The Balaban J connectivity index is 1.62. The zero-order valence-corrected chi connectivity index (χ0v) is 20.3. The Morgan fingerprint density at radius 2 is 1.66 bits per heavy atom. The zero-order chi connectivity index (χ0) is 25.0. The average molecular weight is 473 g/mol. The number of carbonyl (C=O) groups is 3. The molecule has 0 aliphatic rings. The Bertz CT molecular complexity index is 1150. The second-order valence-corrected chi connectivity index (χ2v) is 8.31. The van der Waals surface area contributed by atoms with E-state index in [1.807, 2.05) is 74.5 Å². The molecule has 0 fully saturated rings. The molecule has 3 rings (SSSR count). The van der Waals surface area contributed by atoms with E-state index in [1.54, 1.807) is 12.3 Å². The fourth-order valence-corrected chi connectivity index (χ4v) is 3.74. The van der Waals surface area contributed by atoms with Crippen LogP contribution in [0.15, 0.2) is 72.9 Å². The van der Waals surface area contributed by atoms with Gasteiger partial charge in [-0.2, -0.15) is 0 Å². The van der Waals surface area contributed by atoms with Crippen molar-refractivity contribution in [3.05, 3.63) is 89.6 Å². The van der Waals surface area contributed by atoms with Crippen LogP contribution in [0, 0.1) is 6.92 Å². The van der Waals surface area contributed by atoms with Gasteiger partial charge in [0.2, 0.25) is 17.7 Å². The molecule has 0 radical (unpaired) electrons. The highest BCUT2D eigenvalue weighted by molar-refractivity contribution is 6.01. The third kappa shape index (κ3) is 8.07. The molecule has 182 valence electrons. The maximum atomic E-state index is 13.2. The van der Waals surface area contributed by atoms with Gasteiger partial charge in [-0.05, 0) is 54.7 Å². The van der Waals surface area contributed by atoms with E-state index in [0.29, 0.717) is 24.5 Å². The van der Waals surface area contributed by atoms with Crippen molar-refractivity contribution in [3.8, 4) is 0 Å². The number of benzene rings is 2. The molecule has 7 nitrogen and oxygen atoms in total. The summed E-state index contributed by atoms with van der Waals surface area (Å²) < 4.78 is 0. The number of hydrogen-bond acceptors (Lipinski definition) is 4. The Kier molecular flexibility index (Phi) is 9.54. The maximum Gasteiger partial charge on any atom is 0.240 e. The molecule has 35 heavy (non-hydrogen) atoms. The predicted molar refractivity (Wildman–Crippen MR) is 138 cm³/mol. The Hall–Kier alpha value is -4.00. The number of aryl methyl sites for hydroxylation is 2. The van der Waals surface area contributed by atoms with Crippen LogP contribution in [0.5, 0.6) is 0 Å². The second-order valence-electron chi connectivity index (χ2n) is 8.31. The van der Waals surface area contributed by atoms with Crippen molar-refractivity contribution in [3.63, 3.8) is 0 Å². The predicted octanol–water partition coefficient (Wildman–Crippen LogP) is 4.06. The van der Waals surface area contributed by atoms with Crippen LogP contribution < -0.4 is 15.5 Å². The second kappa shape index (κ2) is 13.0. The van der Waals surface area contributed by atoms with Crippen LogP contribution in [0.2, 0.25) is 0 Å². The van der Waals surface area contributed by atoms with Gasteiger partial charge >= 0.3 is 0 Å². The SMILES string of the molecule is CCc1ccccc1N(CC(=O)NCCc1ccccc1)C(=O)CCC(=O)Nc1cc(C)ccn1. The molecule has 2 N–H and O–H groups in total. The molecule has 2 aromatic carbocycles. The Morgan fingerprint density at radius 3 is 2.40 bits per heavy atom. The van der Waals surface area contributed by atoms with E-state index in [0.717, 1.165) is 23.1 Å². The maximum absolute atomic E-state index is 13.2. The molecule has 0 unspecified atom stereocenters. The van der Waals surface area contributed by atoms with Crippen LogP contribution in [-0.4, -0.2) is 35.8 Å². The van der Waals surface area contributed by atoms with Gasteiger partial charge in [0.15, 0.2) is 0 Å². The Morgan fingerprint density at radius 1 is 0.914 bits per heavy atom. The van der Waals surface area contributed by atoms with Gasteiger partial charge in [-0.3, -0.25) is 14.4 Å². The number of carbonyl (C=O) groups excluding carboxylic acids is 3. The lowest BCUT2D eigenvalue weighted by Gasteiger charge is -2.25. The van der Waals surface area contributed by atoms with Gasteiger partial charge < -0.3 is 15.5 Å². The van der Waals surface area contributed by atoms with E-state index in [4.69, 9.17) is 0 Å². The number of hydrogen-bond donors (Lipinski definition) is 2. The van der Waals surface area contributed by atoms with Crippen molar-refractivity contribution >= 4 is 29.2 Å². The highest BCUT2D eigenvalue weighted by Crippen LogP contribution is 2.22. The normalized spacial score (nSPS) is 10.5. The van der Waals surface area contributed by atoms with Crippen molar-refractivity contribution < 1.29 is 14.4 Å². The number of anilines is 2. The standard InChI is InChI=1S/C28H32N4O3/c1-3-23-11-7-8-12-24(23)32(20-27(34)30-18-16-22-9-5-4-6-10-22)28(35)14-13-26(33)31-25-19-21(2)15-17-29-25/h4-12,15,17,19H,3,13-14,16,18,20H2,1-2H3,(H,30,34)(H,29,31,33). The van der Waals surface area contributed by atoms with Crippen LogP contribution in [0.1, 0.15) is 36.5 Å². The van der Waals surface area contributed by atoms with Crippen molar-refractivity contribution in [2.75, 3.05) is 23.3 Å². The summed E-state index contributed by atoms with van der Waals surface area (Å²) in [6.45, 7) is 4.29. The molecular formula is C28H32N4O3. The topological polar surface area (TPSA) is 91.4 Å². The van der Waals surface area contributed by atoms with E-state index in [9.17, 15) is 14.4 Å². The largest absolute Gasteiger partial charge is 0.354 e. The van der Waals surface area contributed by atoms with Crippen molar-refractivity contribution in [1.29, 1.82) is 0 Å². The highest BCUT2D eigenvalue weighted by Gasteiger charge is 2.22. The average Bonchev–Trinajstić information content (AvgIpc) is 2.86. The van der Waals surface area contributed by atoms with Gasteiger partial charge in [0.1, 0.15) is 12.4 Å². The van der Waals surface area contributed by atoms with Crippen LogP contribution in [0.3, 0.4) is 0 Å². The number of para-hydroxylation sites is 1. The molecule has 1 aromatic heterocycles. The van der Waals surface area contributed by atoms with Gasteiger partial charge in [0.05, 0.1) is 0 Å². The monoisotopic (exact) mass is 472 g/mol. The summed E-state index contributed by atoms with van der Waals surface area (Å²) in [6, 6.07) is 21.0. The van der Waals surface area contributed by atoms with Crippen LogP contribution in [-0.2, 0) is 27.2 Å².